The summed E-state index contributed by atoms with van der Waals surface area (Å²) in [4.78, 5) is 24.5. The lowest BCUT2D eigenvalue weighted by Crippen LogP contribution is -2.45. The summed E-state index contributed by atoms with van der Waals surface area (Å²) in [6, 6.07) is -0.548. The quantitative estimate of drug-likeness (QED) is 0.0321. The van der Waals surface area contributed by atoms with Crippen molar-refractivity contribution in [1.82, 2.24) is 5.32 Å². The molecule has 0 saturated heterocycles. The summed E-state index contributed by atoms with van der Waals surface area (Å²) in [6.45, 7) is 4.90. The monoisotopic (exact) mass is 998 g/mol. The van der Waals surface area contributed by atoms with Crippen LogP contribution in [0.4, 0.5) is 0 Å². The molecule has 6 heteroatoms. The van der Waals surface area contributed by atoms with Crippen molar-refractivity contribution in [1.29, 1.82) is 0 Å². The van der Waals surface area contributed by atoms with Crippen LogP contribution in [0, 0.1) is 0 Å². The van der Waals surface area contributed by atoms with Crippen molar-refractivity contribution in [3.8, 4) is 0 Å². The smallest absolute Gasteiger partial charge is 0.305 e. The molecule has 2 atom stereocenters. The number of amides is 1. The molecule has 6 nitrogen and oxygen atoms in total. The van der Waals surface area contributed by atoms with Gasteiger partial charge in [0.2, 0.25) is 5.91 Å². The first-order chi connectivity index (χ1) is 35.0. The zero-order valence-electron chi connectivity index (χ0n) is 47.7. The summed E-state index contributed by atoms with van der Waals surface area (Å²) in [5.41, 5.74) is 0. The number of carbonyl (C=O) groups excluding carboxylic acids is 2. The van der Waals surface area contributed by atoms with Gasteiger partial charge >= 0.3 is 5.97 Å². The van der Waals surface area contributed by atoms with Crippen LogP contribution in [0.3, 0.4) is 0 Å². The minimum absolute atomic E-state index is 0.00690. The van der Waals surface area contributed by atoms with Gasteiger partial charge in [-0.2, -0.15) is 0 Å². The van der Waals surface area contributed by atoms with Gasteiger partial charge in [-0.05, 0) is 77.0 Å². The summed E-state index contributed by atoms with van der Waals surface area (Å²) < 4.78 is 5.46. The SMILES string of the molecule is CCC/C=C\C/C=C\CCCCCCCC(=O)OCCCCCCCCCCCC/C=C\CCCCCCCCCC(=O)NC(CO)C(O)CCCCCCCCCCCCCCCCCCCCCC. The molecule has 3 N–H and O–H groups in total. The predicted octanol–water partition coefficient (Wildman–Crippen LogP) is 20.0. The second-order valence-corrected chi connectivity index (χ2v) is 21.7. The number of allylic oxidation sites excluding steroid dienone is 6. The fourth-order valence-electron chi connectivity index (χ4n) is 9.79. The van der Waals surface area contributed by atoms with Crippen molar-refractivity contribution in [3.63, 3.8) is 0 Å². The topological polar surface area (TPSA) is 95.9 Å². The number of nitrogens with one attached hydrogen (secondary N) is 1. The van der Waals surface area contributed by atoms with Crippen molar-refractivity contribution in [2.75, 3.05) is 13.2 Å². The van der Waals surface area contributed by atoms with Crippen molar-refractivity contribution >= 4 is 11.9 Å². The van der Waals surface area contributed by atoms with Gasteiger partial charge in [-0.1, -0.05) is 288 Å². The van der Waals surface area contributed by atoms with E-state index in [2.05, 4.69) is 55.6 Å². The van der Waals surface area contributed by atoms with E-state index >= 15 is 0 Å². The van der Waals surface area contributed by atoms with Crippen LogP contribution < -0.4 is 5.32 Å². The van der Waals surface area contributed by atoms with Gasteiger partial charge < -0.3 is 20.3 Å². The van der Waals surface area contributed by atoms with Gasteiger partial charge in [-0.25, -0.2) is 0 Å². The second-order valence-electron chi connectivity index (χ2n) is 21.7. The van der Waals surface area contributed by atoms with E-state index in [0.29, 0.717) is 25.9 Å². The molecule has 0 aromatic carbocycles. The molecule has 418 valence electrons. The third-order valence-electron chi connectivity index (χ3n) is 14.6. The minimum atomic E-state index is -0.671. The molecule has 0 heterocycles. The molecule has 0 spiro atoms. The van der Waals surface area contributed by atoms with E-state index in [1.165, 1.54) is 257 Å². The number of ether oxygens (including phenoxy) is 1. The van der Waals surface area contributed by atoms with E-state index in [1.54, 1.807) is 0 Å². The van der Waals surface area contributed by atoms with Crippen LogP contribution in [0.2, 0.25) is 0 Å². The Morgan fingerprint density at radius 2 is 0.732 bits per heavy atom. The molecule has 71 heavy (non-hydrogen) atoms. The summed E-state index contributed by atoms with van der Waals surface area (Å²) in [5, 5.41) is 23.4. The molecule has 0 rings (SSSR count). The molecule has 0 aliphatic heterocycles. The van der Waals surface area contributed by atoms with E-state index in [9.17, 15) is 19.8 Å². The molecule has 0 aromatic rings. The molecule has 0 bridgehead atoms. The van der Waals surface area contributed by atoms with E-state index in [4.69, 9.17) is 4.74 Å². The van der Waals surface area contributed by atoms with Crippen LogP contribution in [0.15, 0.2) is 36.5 Å². The normalized spacial score (nSPS) is 12.8. The number of aliphatic hydroxyl groups is 2. The largest absolute Gasteiger partial charge is 0.466 e. The number of carbonyl (C=O) groups is 2. The maximum absolute atomic E-state index is 12.5. The highest BCUT2D eigenvalue weighted by Gasteiger charge is 2.20. The number of rotatable bonds is 59. The summed E-state index contributed by atoms with van der Waals surface area (Å²) in [7, 11) is 0. The van der Waals surface area contributed by atoms with E-state index in [-0.39, 0.29) is 18.5 Å². The summed E-state index contributed by atoms with van der Waals surface area (Å²) >= 11 is 0. The molecule has 2 unspecified atom stereocenters. The molecule has 0 aliphatic carbocycles. The van der Waals surface area contributed by atoms with Crippen LogP contribution in [-0.2, 0) is 14.3 Å². The van der Waals surface area contributed by atoms with Crippen LogP contribution in [-0.4, -0.2) is 47.4 Å². The highest BCUT2D eigenvalue weighted by molar-refractivity contribution is 5.76. The van der Waals surface area contributed by atoms with Crippen molar-refractivity contribution in [2.45, 2.75) is 353 Å². The number of hydrogen-bond acceptors (Lipinski definition) is 5. The zero-order chi connectivity index (χ0) is 51.4. The average Bonchev–Trinajstić information content (AvgIpc) is 3.37. The maximum Gasteiger partial charge on any atom is 0.305 e. The minimum Gasteiger partial charge on any atom is -0.466 e. The molecule has 1 amide bonds. The highest BCUT2D eigenvalue weighted by Crippen LogP contribution is 2.18. The summed E-state index contributed by atoms with van der Waals surface area (Å²) in [6.07, 6.45) is 75.8. The number of hydrogen-bond donors (Lipinski definition) is 3. The molecule has 0 aliphatic rings. The lowest BCUT2D eigenvalue weighted by Gasteiger charge is -2.22. The van der Waals surface area contributed by atoms with E-state index < -0.39 is 12.1 Å². The van der Waals surface area contributed by atoms with Gasteiger partial charge in [0.25, 0.3) is 0 Å². The third kappa shape index (κ3) is 57.2. The first kappa shape index (κ1) is 69.1. The fraction of sp³-hybridized carbons (Fsp3) is 0.877. The van der Waals surface area contributed by atoms with Crippen LogP contribution in [0.5, 0.6) is 0 Å². The van der Waals surface area contributed by atoms with Gasteiger partial charge in [-0.3, -0.25) is 9.59 Å². The number of unbranched alkanes of at least 4 members (excludes halogenated alkanes) is 42. The molecular weight excluding hydrogens is 875 g/mol. The standard InChI is InChI=1S/C65H123NO5/c1-3-5-7-9-11-13-15-17-18-19-20-24-27-30-34-37-41-45-49-53-57-63(68)62(61-67)66-64(69)58-54-50-46-42-38-35-31-28-25-22-21-23-26-29-32-36-40-44-48-52-56-60-71-65(70)59-55-51-47-43-39-33-16-14-12-10-8-6-4-2/h8,10,14,16,22,25,62-63,67-68H,3-7,9,11-13,15,17-21,23-24,26-61H2,1-2H3,(H,66,69)/b10-8-,16-14-,25-22-. The lowest BCUT2D eigenvalue weighted by molar-refractivity contribution is -0.143. The predicted molar refractivity (Wildman–Crippen MR) is 310 cm³/mol. The average molecular weight is 999 g/mol. The maximum atomic E-state index is 12.5. The Balaban J connectivity index is 3.44. The Morgan fingerprint density at radius 1 is 0.394 bits per heavy atom. The van der Waals surface area contributed by atoms with Crippen molar-refractivity contribution in [3.05, 3.63) is 36.5 Å². The second kappa shape index (κ2) is 60.6. The Morgan fingerprint density at radius 3 is 1.14 bits per heavy atom. The number of aliphatic hydroxyl groups excluding tert-OH is 2. The number of esters is 1. The van der Waals surface area contributed by atoms with Crippen LogP contribution in [0.25, 0.3) is 0 Å². The van der Waals surface area contributed by atoms with Gasteiger partial charge in [0, 0.05) is 12.8 Å². The molecule has 0 saturated carbocycles. The lowest BCUT2D eigenvalue weighted by atomic mass is 10.0. The van der Waals surface area contributed by atoms with Gasteiger partial charge in [0.15, 0.2) is 0 Å². The highest BCUT2D eigenvalue weighted by atomic mass is 16.5. The van der Waals surface area contributed by atoms with Gasteiger partial charge in [0.05, 0.1) is 25.4 Å². The Kier molecular flexibility index (Phi) is 59.0. The van der Waals surface area contributed by atoms with E-state index in [0.717, 1.165) is 51.4 Å². The molecular formula is C65H123NO5. The fourth-order valence-corrected chi connectivity index (χ4v) is 9.79. The van der Waals surface area contributed by atoms with Crippen molar-refractivity contribution < 1.29 is 24.5 Å². The molecule has 0 fully saturated rings. The first-order valence-electron chi connectivity index (χ1n) is 31.7. The van der Waals surface area contributed by atoms with Gasteiger partial charge in [0.1, 0.15) is 0 Å². The Hall–Kier alpha value is -1.92. The van der Waals surface area contributed by atoms with Gasteiger partial charge in [-0.15, -0.1) is 0 Å². The molecule has 0 aromatic heterocycles. The van der Waals surface area contributed by atoms with Crippen molar-refractivity contribution in [2.24, 2.45) is 0 Å². The Labute approximate surface area is 443 Å². The van der Waals surface area contributed by atoms with Crippen LogP contribution >= 0.6 is 0 Å². The third-order valence-corrected chi connectivity index (χ3v) is 14.6. The zero-order valence-corrected chi connectivity index (χ0v) is 47.7. The van der Waals surface area contributed by atoms with Crippen LogP contribution in [0.1, 0.15) is 341 Å². The molecule has 0 radical (unpaired) electrons. The van der Waals surface area contributed by atoms with E-state index in [1.807, 2.05) is 0 Å². The Bertz CT molecular complexity index is 1150. The summed E-state index contributed by atoms with van der Waals surface area (Å²) in [5.74, 6) is -0.0472. The first-order valence-corrected chi connectivity index (χ1v) is 31.7.